The summed E-state index contributed by atoms with van der Waals surface area (Å²) < 4.78 is 1.89. The van der Waals surface area contributed by atoms with Crippen LogP contribution in [0.2, 0.25) is 0 Å². The molecule has 0 saturated heterocycles. The number of amides is 1. The van der Waals surface area contributed by atoms with Gasteiger partial charge in [0.2, 0.25) is 0 Å². The molecule has 0 radical (unpaired) electrons. The van der Waals surface area contributed by atoms with Crippen molar-refractivity contribution in [3.05, 3.63) is 23.5 Å². The summed E-state index contributed by atoms with van der Waals surface area (Å²) in [6, 6.07) is 1.97. The quantitative estimate of drug-likeness (QED) is 0.693. The van der Waals surface area contributed by atoms with Crippen molar-refractivity contribution in [3.8, 4) is 0 Å². The zero-order valence-electron chi connectivity index (χ0n) is 10.5. The second kappa shape index (κ2) is 3.72. The van der Waals surface area contributed by atoms with Crippen LogP contribution in [-0.2, 0) is 12.5 Å². The molecule has 0 aliphatic heterocycles. The maximum Gasteiger partial charge on any atom is 0.269 e. The molecule has 0 aliphatic rings. The molecule has 3 heteroatoms. The minimum atomic E-state index is 0.0491. The van der Waals surface area contributed by atoms with Crippen LogP contribution in [0.15, 0.2) is 12.3 Å². The summed E-state index contributed by atoms with van der Waals surface area (Å²) in [4.78, 5) is 13.4. The standard InChI is InChI=1S/C12H20N2O/c1-12(2,3)9-7-10(14(6)8-9)11(15)13(4)5/h7-8H,1-6H3. The highest BCUT2D eigenvalue weighted by Crippen LogP contribution is 2.24. The van der Waals surface area contributed by atoms with Gasteiger partial charge in [-0.3, -0.25) is 4.79 Å². The van der Waals surface area contributed by atoms with Crippen molar-refractivity contribution in [1.29, 1.82) is 0 Å². The van der Waals surface area contributed by atoms with E-state index in [0.29, 0.717) is 0 Å². The number of hydrogen-bond donors (Lipinski definition) is 0. The first-order valence-corrected chi connectivity index (χ1v) is 5.12. The van der Waals surface area contributed by atoms with Crippen LogP contribution in [0.5, 0.6) is 0 Å². The van der Waals surface area contributed by atoms with Crippen LogP contribution in [0.4, 0.5) is 0 Å². The SMILES string of the molecule is CN(C)C(=O)c1cc(C(C)(C)C)cn1C. The monoisotopic (exact) mass is 208 g/mol. The number of rotatable bonds is 1. The molecule has 0 spiro atoms. The molecule has 1 aromatic rings. The smallest absolute Gasteiger partial charge is 0.269 e. The third-order valence-corrected chi connectivity index (χ3v) is 2.50. The first-order valence-electron chi connectivity index (χ1n) is 5.12. The predicted molar refractivity (Wildman–Crippen MR) is 62.1 cm³/mol. The van der Waals surface area contributed by atoms with E-state index in [2.05, 4.69) is 20.8 Å². The van der Waals surface area contributed by atoms with E-state index >= 15 is 0 Å². The highest BCUT2D eigenvalue weighted by molar-refractivity contribution is 5.92. The molecule has 0 saturated carbocycles. The van der Waals surface area contributed by atoms with Gasteiger partial charge < -0.3 is 9.47 Å². The molecule has 1 amide bonds. The fourth-order valence-electron chi connectivity index (χ4n) is 1.42. The molecule has 84 valence electrons. The van der Waals surface area contributed by atoms with Gasteiger partial charge in [-0.25, -0.2) is 0 Å². The summed E-state index contributed by atoms with van der Waals surface area (Å²) in [5.41, 5.74) is 2.02. The minimum absolute atomic E-state index is 0.0491. The molecule has 0 aliphatic carbocycles. The van der Waals surface area contributed by atoms with Crippen LogP contribution in [0.1, 0.15) is 36.8 Å². The van der Waals surface area contributed by atoms with Gasteiger partial charge in [0, 0.05) is 27.3 Å². The molecule has 0 unspecified atom stereocenters. The van der Waals surface area contributed by atoms with E-state index in [1.165, 1.54) is 5.56 Å². The van der Waals surface area contributed by atoms with Gasteiger partial charge in [0.1, 0.15) is 5.69 Å². The van der Waals surface area contributed by atoms with Gasteiger partial charge >= 0.3 is 0 Å². The van der Waals surface area contributed by atoms with E-state index in [1.54, 1.807) is 19.0 Å². The van der Waals surface area contributed by atoms with Crippen LogP contribution in [-0.4, -0.2) is 29.5 Å². The first-order chi connectivity index (χ1) is 6.73. The molecule has 0 bridgehead atoms. The lowest BCUT2D eigenvalue weighted by Crippen LogP contribution is -2.23. The van der Waals surface area contributed by atoms with Crippen LogP contribution in [0.25, 0.3) is 0 Å². The normalized spacial score (nSPS) is 11.6. The van der Waals surface area contributed by atoms with E-state index in [-0.39, 0.29) is 11.3 Å². The molecule has 3 nitrogen and oxygen atoms in total. The van der Waals surface area contributed by atoms with E-state index in [9.17, 15) is 4.79 Å². The van der Waals surface area contributed by atoms with Crippen LogP contribution >= 0.6 is 0 Å². The molecular formula is C12H20N2O. The maximum atomic E-state index is 11.8. The summed E-state index contributed by atoms with van der Waals surface area (Å²) in [5, 5.41) is 0. The summed E-state index contributed by atoms with van der Waals surface area (Å²) >= 11 is 0. The summed E-state index contributed by atoms with van der Waals surface area (Å²) in [6.45, 7) is 6.44. The molecule has 0 fully saturated rings. The van der Waals surface area contributed by atoms with Crippen LogP contribution < -0.4 is 0 Å². The highest BCUT2D eigenvalue weighted by atomic mass is 16.2. The Labute approximate surface area is 91.7 Å². The van der Waals surface area contributed by atoms with Gasteiger partial charge in [-0.2, -0.15) is 0 Å². The number of hydrogen-bond acceptors (Lipinski definition) is 1. The molecule has 1 aromatic heterocycles. The van der Waals surface area contributed by atoms with Crippen molar-refractivity contribution in [3.63, 3.8) is 0 Å². The zero-order valence-corrected chi connectivity index (χ0v) is 10.5. The second-order valence-corrected chi connectivity index (χ2v) is 5.17. The minimum Gasteiger partial charge on any atom is -0.346 e. The van der Waals surface area contributed by atoms with E-state index in [1.807, 2.05) is 23.9 Å². The van der Waals surface area contributed by atoms with Gasteiger partial charge in [0.25, 0.3) is 5.91 Å². The van der Waals surface area contributed by atoms with E-state index in [0.717, 1.165) is 5.69 Å². The molecular weight excluding hydrogens is 188 g/mol. The average Bonchev–Trinajstić information content (AvgIpc) is 2.45. The molecule has 15 heavy (non-hydrogen) atoms. The van der Waals surface area contributed by atoms with Crippen LogP contribution in [0.3, 0.4) is 0 Å². The Morgan fingerprint density at radius 1 is 1.33 bits per heavy atom. The molecule has 1 heterocycles. The van der Waals surface area contributed by atoms with Crippen molar-refractivity contribution in [2.24, 2.45) is 7.05 Å². The number of carbonyl (C=O) groups is 1. The number of nitrogens with zero attached hydrogens (tertiary/aromatic N) is 2. The summed E-state index contributed by atoms with van der Waals surface area (Å²) in [6.07, 6.45) is 2.02. The van der Waals surface area contributed by atoms with E-state index < -0.39 is 0 Å². The lowest BCUT2D eigenvalue weighted by Gasteiger charge is -2.15. The highest BCUT2D eigenvalue weighted by Gasteiger charge is 2.20. The van der Waals surface area contributed by atoms with Gasteiger partial charge in [-0.05, 0) is 17.0 Å². The molecule has 0 aromatic carbocycles. The fraction of sp³-hybridized carbons (Fsp3) is 0.583. The Hall–Kier alpha value is -1.25. The van der Waals surface area contributed by atoms with Crippen molar-refractivity contribution >= 4 is 5.91 Å². The van der Waals surface area contributed by atoms with Gasteiger partial charge in [-0.15, -0.1) is 0 Å². The van der Waals surface area contributed by atoms with Crippen molar-refractivity contribution < 1.29 is 4.79 Å². The van der Waals surface area contributed by atoms with Crippen molar-refractivity contribution in [1.82, 2.24) is 9.47 Å². The summed E-state index contributed by atoms with van der Waals surface area (Å²) in [7, 11) is 5.45. The Kier molecular flexibility index (Phi) is 2.93. The van der Waals surface area contributed by atoms with E-state index in [4.69, 9.17) is 0 Å². The first kappa shape index (κ1) is 11.8. The fourth-order valence-corrected chi connectivity index (χ4v) is 1.42. The third-order valence-electron chi connectivity index (χ3n) is 2.50. The average molecular weight is 208 g/mol. The molecule has 0 N–H and O–H groups in total. The zero-order chi connectivity index (χ0) is 11.8. The second-order valence-electron chi connectivity index (χ2n) is 5.17. The number of aryl methyl sites for hydroxylation is 1. The third kappa shape index (κ3) is 2.41. The lowest BCUT2D eigenvalue weighted by atomic mass is 9.89. The number of aromatic nitrogens is 1. The lowest BCUT2D eigenvalue weighted by molar-refractivity contribution is 0.0818. The van der Waals surface area contributed by atoms with Gasteiger partial charge in [0.05, 0.1) is 0 Å². The summed E-state index contributed by atoms with van der Waals surface area (Å²) in [5.74, 6) is 0.0491. The van der Waals surface area contributed by atoms with Crippen molar-refractivity contribution in [2.45, 2.75) is 26.2 Å². The Morgan fingerprint density at radius 2 is 1.87 bits per heavy atom. The largest absolute Gasteiger partial charge is 0.346 e. The Bertz CT molecular complexity index is 369. The Morgan fingerprint density at radius 3 is 2.20 bits per heavy atom. The topological polar surface area (TPSA) is 25.2 Å². The molecule has 1 rings (SSSR count). The predicted octanol–water partition coefficient (Wildman–Crippen LogP) is 2.02. The van der Waals surface area contributed by atoms with Gasteiger partial charge in [0.15, 0.2) is 0 Å². The number of carbonyl (C=O) groups excluding carboxylic acids is 1. The molecule has 0 atom stereocenters. The maximum absolute atomic E-state index is 11.8. The van der Waals surface area contributed by atoms with Gasteiger partial charge in [-0.1, -0.05) is 20.8 Å². The van der Waals surface area contributed by atoms with Crippen LogP contribution in [0, 0.1) is 0 Å². The Balaban J connectivity index is 3.13. The van der Waals surface area contributed by atoms with Crippen molar-refractivity contribution in [2.75, 3.05) is 14.1 Å².